The van der Waals surface area contributed by atoms with Crippen LogP contribution in [0.3, 0.4) is 0 Å². The van der Waals surface area contributed by atoms with Crippen molar-refractivity contribution in [2.75, 3.05) is 0 Å². The van der Waals surface area contributed by atoms with E-state index in [2.05, 4.69) is 0 Å². The average Bonchev–Trinajstić information content (AvgIpc) is 1.77. The van der Waals surface area contributed by atoms with Gasteiger partial charge in [0, 0.05) is 0 Å². The third kappa shape index (κ3) is 2.87. The zero-order chi connectivity index (χ0) is 5.98. The van der Waals surface area contributed by atoms with Crippen molar-refractivity contribution in [1.82, 2.24) is 0 Å². The van der Waals surface area contributed by atoms with Crippen LogP contribution in [0.5, 0.6) is 11.5 Å². The Morgan fingerprint density at radius 3 is 1.40 bits per heavy atom. The fraction of sp³-hybridized carbons (Fsp3) is 0. The normalized spacial score (nSPS) is 7.20. The minimum absolute atomic E-state index is 0. The molecule has 0 saturated heterocycles. The van der Waals surface area contributed by atoms with E-state index >= 15 is 0 Å². The first-order valence-corrected chi connectivity index (χ1v) is 2.24. The predicted molar refractivity (Wildman–Crippen MR) is 28.9 cm³/mol. The molecule has 10 heavy (non-hydrogen) atoms. The molecule has 0 spiro atoms. The molecule has 52 valence electrons. The van der Waals surface area contributed by atoms with Gasteiger partial charge in [0.25, 0.3) is 0 Å². The predicted octanol–water partition coefficient (Wildman–Crippen LogP) is -0.993. The van der Waals surface area contributed by atoms with E-state index < -0.39 is 11.5 Å². The summed E-state index contributed by atoms with van der Waals surface area (Å²) in [5.41, 5.74) is 0. The first-order chi connectivity index (χ1) is 3.80. The Bertz CT molecular complexity index is 169. The SMILES string of the molecule is O.[O-]c1ccccc1[O-].[Ti+2]. The topological polar surface area (TPSA) is 77.6 Å². The largest absolute Gasteiger partial charge is 2.00 e. The third-order valence-electron chi connectivity index (χ3n) is 0.849. The van der Waals surface area contributed by atoms with Crippen LogP contribution < -0.4 is 10.2 Å². The molecule has 0 amide bonds. The smallest absolute Gasteiger partial charge is 0.873 e. The molecule has 1 aromatic carbocycles. The van der Waals surface area contributed by atoms with Crippen molar-refractivity contribution in [3.8, 4) is 11.5 Å². The summed E-state index contributed by atoms with van der Waals surface area (Å²) in [4.78, 5) is 0. The van der Waals surface area contributed by atoms with Crippen molar-refractivity contribution in [2.45, 2.75) is 0 Å². The van der Waals surface area contributed by atoms with Crippen molar-refractivity contribution in [2.24, 2.45) is 0 Å². The maximum absolute atomic E-state index is 10.3. The van der Waals surface area contributed by atoms with Crippen LogP contribution in [0.1, 0.15) is 0 Å². The Balaban J connectivity index is 0. The van der Waals surface area contributed by atoms with E-state index in [1.165, 1.54) is 12.1 Å². The summed E-state index contributed by atoms with van der Waals surface area (Å²) in [6.07, 6.45) is 0. The quantitative estimate of drug-likeness (QED) is 0.473. The molecule has 0 bridgehead atoms. The molecule has 2 N–H and O–H groups in total. The first-order valence-electron chi connectivity index (χ1n) is 2.24. The Morgan fingerprint density at radius 1 is 0.900 bits per heavy atom. The van der Waals surface area contributed by atoms with Crippen LogP contribution >= 0.6 is 0 Å². The van der Waals surface area contributed by atoms with Gasteiger partial charge in [-0.3, -0.25) is 0 Å². The van der Waals surface area contributed by atoms with E-state index in [9.17, 15) is 10.2 Å². The monoisotopic (exact) mass is 174 g/mol. The van der Waals surface area contributed by atoms with Crippen LogP contribution in [-0.4, -0.2) is 5.48 Å². The minimum Gasteiger partial charge on any atom is -0.873 e. The van der Waals surface area contributed by atoms with Crippen molar-refractivity contribution in [1.29, 1.82) is 0 Å². The van der Waals surface area contributed by atoms with Crippen LogP contribution in [0, 0.1) is 0 Å². The molecule has 0 saturated carbocycles. The molecule has 0 heterocycles. The van der Waals surface area contributed by atoms with Gasteiger partial charge in [-0.25, -0.2) is 0 Å². The van der Waals surface area contributed by atoms with E-state index in [1.807, 2.05) is 0 Å². The second kappa shape index (κ2) is 5.29. The molecule has 3 nitrogen and oxygen atoms in total. The van der Waals surface area contributed by atoms with Crippen LogP contribution in [0.4, 0.5) is 0 Å². The van der Waals surface area contributed by atoms with Gasteiger partial charge < -0.3 is 15.7 Å². The maximum Gasteiger partial charge on any atom is 2.00 e. The Kier molecular flexibility index (Phi) is 6.46. The Morgan fingerprint density at radius 2 is 1.20 bits per heavy atom. The summed E-state index contributed by atoms with van der Waals surface area (Å²) < 4.78 is 0. The fourth-order valence-corrected chi connectivity index (χ4v) is 0.450. The van der Waals surface area contributed by atoms with Gasteiger partial charge in [-0.05, 0) is 0 Å². The van der Waals surface area contributed by atoms with Gasteiger partial charge in [-0.2, -0.15) is 0 Å². The summed E-state index contributed by atoms with van der Waals surface area (Å²) in [7, 11) is 0. The van der Waals surface area contributed by atoms with E-state index in [0.29, 0.717) is 0 Å². The number of benzene rings is 1. The summed E-state index contributed by atoms with van der Waals surface area (Å²) in [6, 6.07) is 5.60. The van der Waals surface area contributed by atoms with Gasteiger partial charge in [0.05, 0.1) is 0 Å². The molecule has 0 aliphatic carbocycles. The molecular weight excluding hydrogens is 168 g/mol. The maximum atomic E-state index is 10.3. The van der Waals surface area contributed by atoms with E-state index in [-0.39, 0.29) is 27.2 Å². The molecule has 0 unspecified atom stereocenters. The van der Waals surface area contributed by atoms with Crippen molar-refractivity contribution >= 4 is 0 Å². The van der Waals surface area contributed by atoms with Gasteiger partial charge >= 0.3 is 21.7 Å². The van der Waals surface area contributed by atoms with Crippen LogP contribution in [0.15, 0.2) is 24.3 Å². The second-order valence-corrected chi connectivity index (χ2v) is 1.45. The molecule has 0 aliphatic rings. The van der Waals surface area contributed by atoms with Gasteiger partial charge in [-0.1, -0.05) is 24.3 Å². The Labute approximate surface area is 73.5 Å². The zero-order valence-electron chi connectivity index (χ0n) is 5.13. The molecule has 0 atom stereocenters. The molecule has 1 aromatic rings. The first kappa shape index (κ1) is 12.2. The summed E-state index contributed by atoms with van der Waals surface area (Å²) >= 11 is 0. The fourth-order valence-electron chi connectivity index (χ4n) is 0.450. The molecule has 0 aromatic heterocycles. The Hall–Kier alpha value is -0.506. The van der Waals surface area contributed by atoms with E-state index in [4.69, 9.17) is 0 Å². The van der Waals surface area contributed by atoms with Gasteiger partial charge in [0.2, 0.25) is 0 Å². The number of para-hydroxylation sites is 2. The molecule has 0 radical (unpaired) electrons. The summed E-state index contributed by atoms with van der Waals surface area (Å²) in [5, 5.41) is 20.6. The van der Waals surface area contributed by atoms with E-state index in [1.54, 1.807) is 12.1 Å². The zero-order valence-corrected chi connectivity index (χ0v) is 6.69. The third-order valence-corrected chi connectivity index (χ3v) is 0.849. The van der Waals surface area contributed by atoms with Gasteiger partial charge in [0.15, 0.2) is 0 Å². The van der Waals surface area contributed by atoms with Crippen molar-refractivity contribution < 1.29 is 37.4 Å². The van der Waals surface area contributed by atoms with Crippen molar-refractivity contribution in [3.63, 3.8) is 0 Å². The molecule has 1 rings (SSSR count). The summed E-state index contributed by atoms with van der Waals surface area (Å²) in [6.45, 7) is 0. The van der Waals surface area contributed by atoms with Gasteiger partial charge in [0.1, 0.15) is 0 Å². The van der Waals surface area contributed by atoms with Crippen LogP contribution in [0.25, 0.3) is 0 Å². The summed E-state index contributed by atoms with van der Waals surface area (Å²) in [5.74, 6) is -0.875. The number of hydrogen-bond donors (Lipinski definition) is 0. The molecule has 4 heteroatoms. The van der Waals surface area contributed by atoms with E-state index in [0.717, 1.165) is 0 Å². The van der Waals surface area contributed by atoms with Crippen LogP contribution in [-0.2, 0) is 21.7 Å². The van der Waals surface area contributed by atoms with Crippen molar-refractivity contribution in [3.05, 3.63) is 24.3 Å². The van der Waals surface area contributed by atoms with Gasteiger partial charge in [-0.15, -0.1) is 11.5 Å². The second-order valence-electron chi connectivity index (χ2n) is 1.45. The number of rotatable bonds is 0. The van der Waals surface area contributed by atoms with Crippen LogP contribution in [0.2, 0.25) is 0 Å². The molecular formula is C6H6O3Ti. The standard InChI is InChI=1S/C6H6O2.H2O.Ti/c7-5-3-1-2-4-6(5)8;;/h1-4,7-8H;1H2;/q;;+2/p-2. The molecule has 0 fully saturated rings. The molecule has 0 aliphatic heterocycles. The minimum atomic E-state index is -0.437. The average molecular weight is 174 g/mol. The number of hydrogen-bond acceptors (Lipinski definition) is 2.